The number of carbonyl (C=O) groups is 1. The molecule has 4 aromatic carbocycles. The van der Waals surface area contributed by atoms with Gasteiger partial charge in [-0.1, -0.05) is 104 Å². The molecule has 0 aliphatic rings. The van der Waals surface area contributed by atoms with E-state index in [2.05, 4.69) is 68.3 Å². The van der Waals surface area contributed by atoms with Crippen LogP contribution in [-0.2, 0) is 4.79 Å². The van der Waals surface area contributed by atoms with E-state index in [0.717, 1.165) is 31.5 Å². The second kappa shape index (κ2) is 14.7. The Hall–Kier alpha value is -2.15. The van der Waals surface area contributed by atoms with Crippen LogP contribution in [0.1, 0.15) is 46.9 Å². The molecule has 0 fully saturated rings. The summed E-state index contributed by atoms with van der Waals surface area (Å²) in [5, 5.41) is 1.44. The zero-order chi connectivity index (χ0) is 26.8. The molecular weight excluding hydrogens is 635 g/mol. The maximum atomic E-state index is 11.3. The van der Waals surface area contributed by atoms with Crippen LogP contribution in [-0.4, -0.2) is 12.5 Å². The van der Waals surface area contributed by atoms with Crippen molar-refractivity contribution in [2.45, 2.75) is 24.7 Å². The molecule has 0 radical (unpaired) electrons. The molecule has 7 heteroatoms. The summed E-state index contributed by atoms with van der Waals surface area (Å²) < 4.78 is 2.10. The summed E-state index contributed by atoms with van der Waals surface area (Å²) in [6, 6.07) is 31.8. The van der Waals surface area contributed by atoms with E-state index in [-0.39, 0.29) is 18.2 Å². The van der Waals surface area contributed by atoms with Crippen molar-refractivity contribution in [1.82, 2.24) is 0 Å². The molecule has 192 valence electrons. The minimum atomic E-state index is -0.317. The van der Waals surface area contributed by atoms with E-state index < -0.39 is 0 Å². The highest BCUT2D eigenvalue weighted by Crippen LogP contribution is 2.30. The van der Waals surface area contributed by atoms with Gasteiger partial charge in [-0.25, -0.2) is 0 Å². The highest BCUT2D eigenvalue weighted by atomic mass is 79.9. The van der Waals surface area contributed by atoms with Gasteiger partial charge in [0.1, 0.15) is 0 Å². The number of benzene rings is 4. The molecule has 1 amide bonds. The van der Waals surface area contributed by atoms with Crippen LogP contribution in [0.25, 0.3) is 0 Å². The van der Waals surface area contributed by atoms with Crippen molar-refractivity contribution in [2.24, 2.45) is 11.5 Å². The first-order chi connectivity index (χ1) is 17.8. The Labute approximate surface area is 245 Å². The number of carbonyl (C=O) groups excluding carboxylic acids is 1. The fourth-order valence-electron chi connectivity index (χ4n) is 4.10. The standard InChI is InChI=1S/C15H13BrClNO.C15H15BrClN/c16-12-5-1-10(2-6-12)14(9-15(18)19)11-3-7-13(17)8-4-11;16-13-5-1-11(2-6-13)15(9-10-18)12-3-7-14(17)8-4-12/h1-8,14H,9H2,(H2,18,19);1-8,15H,9-10,18H2. The molecule has 0 aliphatic heterocycles. The van der Waals surface area contributed by atoms with Crippen LogP contribution in [0.3, 0.4) is 0 Å². The zero-order valence-corrected chi connectivity index (χ0v) is 24.8. The molecule has 37 heavy (non-hydrogen) atoms. The van der Waals surface area contributed by atoms with Gasteiger partial charge in [-0.05, 0) is 83.8 Å². The van der Waals surface area contributed by atoms with Crippen LogP contribution in [0.5, 0.6) is 0 Å². The summed E-state index contributed by atoms with van der Waals surface area (Å²) in [4.78, 5) is 11.3. The third-order valence-corrected chi connectivity index (χ3v) is 7.51. The maximum Gasteiger partial charge on any atom is 0.218 e. The van der Waals surface area contributed by atoms with E-state index in [1.807, 2.05) is 60.7 Å². The van der Waals surface area contributed by atoms with Gasteiger partial charge in [-0.2, -0.15) is 0 Å². The van der Waals surface area contributed by atoms with Crippen LogP contribution in [0.2, 0.25) is 10.0 Å². The van der Waals surface area contributed by atoms with E-state index in [1.165, 1.54) is 11.1 Å². The van der Waals surface area contributed by atoms with E-state index >= 15 is 0 Å². The first-order valence-electron chi connectivity index (χ1n) is 11.8. The molecule has 0 bridgehead atoms. The molecule has 0 saturated heterocycles. The van der Waals surface area contributed by atoms with Gasteiger partial charge in [-0.3, -0.25) is 4.79 Å². The summed E-state index contributed by atoms with van der Waals surface area (Å²) in [7, 11) is 0. The fraction of sp³-hybridized carbons (Fsp3) is 0.167. The van der Waals surface area contributed by atoms with Gasteiger partial charge in [0.2, 0.25) is 5.91 Å². The summed E-state index contributed by atoms with van der Waals surface area (Å²) in [6.45, 7) is 0.670. The number of amides is 1. The first kappa shape index (κ1) is 29.4. The van der Waals surface area contributed by atoms with Crippen LogP contribution in [0.15, 0.2) is 106 Å². The zero-order valence-electron chi connectivity index (χ0n) is 20.1. The van der Waals surface area contributed by atoms with Gasteiger partial charge in [0.15, 0.2) is 0 Å². The predicted molar refractivity (Wildman–Crippen MR) is 162 cm³/mol. The average Bonchev–Trinajstić information content (AvgIpc) is 2.89. The molecule has 2 atom stereocenters. The van der Waals surface area contributed by atoms with Crippen molar-refractivity contribution in [3.63, 3.8) is 0 Å². The topological polar surface area (TPSA) is 69.1 Å². The molecule has 4 rings (SSSR count). The Balaban J connectivity index is 0.000000206. The van der Waals surface area contributed by atoms with Gasteiger partial charge >= 0.3 is 0 Å². The Kier molecular flexibility index (Phi) is 11.7. The second-order valence-corrected chi connectivity index (χ2v) is 11.3. The Bertz CT molecular complexity index is 1170. The van der Waals surface area contributed by atoms with E-state index in [1.54, 1.807) is 0 Å². The van der Waals surface area contributed by atoms with Crippen LogP contribution in [0.4, 0.5) is 0 Å². The maximum absolute atomic E-state index is 11.3. The van der Waals surface area contributed by atoms with Crippen molar-refractivity contribution in [1.29, 1.82) is 0 Å². The second-order valence-electron chi connectivity index (χ2n) is 8.56. The largest absolute Gasteiger partial charge is 0.370 e. The van der Waals surface area contributed by atoms with E-state index in [4.69, 9.17) is 34.7 Å². The van der Waals surface area contributed by atoms with Crippen molar-refractivity contribution in [3.05, 3.63) is 138 Å². The van der Waals surface area contributed by atoms with Crippen LogP contribution in [0, 0.1) is 0 Å². The number of halogens is 4. The van der Waals surface area contributed by atoms with Crippen molar-refractivity contribution in [2.75, 3.05) is 6.54 Å². The van der Waals surface area contributed by atoms with Gasteiger partial charge in [0.05, 0.1) is 0 Å². The van der Waals surface area contributed by atoms with Crippen molar-refractivity contribution >= 4 is 61.0 Å². The smallest absolute Gasteiger partial charge is 0.218 e. The minimum absolute atomic E-state index is 0.0390. The Morgan fingerprint density at radius 1 is 0.622 bits per heavy atom. The summed E-state index contributed by atoms with van der Waals surface area (Å²) in [5.74, 6) is -0.0221. The summed E-state index contributed by atoms with van der Waals surface area (Å²) in [6.07, 6.45) is 1.21. The number of nitrogens with two attached hydrogens (primary N) is 2. The monoisotopic (exact) mass is 660 g/mol. The fourth-order valence-corrected chi connectivity index (χ4v) is 4.88. The predicted octanol–water partition coefficient (Wildman–Crippen LogP) is 8.69. The third kappa shape index (κ3) is 9.27. The van der Waals surface area contributed by atoms with Crippen molar-refractivity contribution < 1.29 is 4.79 Å². The van der Waals surface area contributed by atoms with Crippen LogP contribution < -0.4 is 11.5 Å². The Morgan fingerprint density at radius 2 is 0.946 bits per heavy atom. The first-order valence-corrected chi connectivity index (χ1v) is 14.1. The lowest BCUT2D eigenvalue weighted by Crippen LogP contribution is -2.16. The molecule has 0 aliphatic carbocycles. The van der Waals surface area contributed by atoms with E-state index in [0.29, 0.717) is 17.5 Å². The lowest BCUT2D eigenvalue weighted by Gasteiger charge is -2.17. The SMILES string of the molecule is NC(=O)CC(c1ccc(Cl)cc1)c1ccc(Br)cc1.NCCC(c1ccc(Cl)cc1)c1ccc(Br)cc1. The third-order valence-electron chi connectivity index (χ3n) is 5.95. The highest BCUT2D eigenvalue weighted by molar-refractivity contribution is 9.10. The molecule has 0 heterocycles. The number of hydrogen-bond acceptors (Lipinski definition) is 2. The molecule has 0 aromatic heterocycles. The molecular formula is C30H28Br2Cl2N2O. The molecule has 0 saturated carbocycles. The number of primary amides is 1. The molecule has 2 unspecified atom stereocenters. The molecule has 0 spiro atoms. The minimum Gasteiger partial charge on any atom is -0.370 e. The van der Waals surface area contributed by atoms with Gasteiger partial charge in [-0.15, -0.1) is 0 Å². The highest BCUT2D eigenvalue weighted by Gasteiger charge is 2.17. The van der Waals surface area contributed by atoms with Gasteiger partial charge in [0.25, 0.3) is 0 Å². The quantitative estimate of drug-likeness (QED) is 0.198. The average molecular weight is 663 g/mol. The normalized spacial score (nSPS) is 12.2. The molecule has 4 N–H and O–H groups in total. The summed E-state index contributed by atoms with van der Waals surface area (Å²) in [5.41, 5.74) is 15.7. The van der Waals surface area contributed by atoms with E-state index in [9.17, 15) is 4.79 Å². The Morgan fingerprint density at radius 3 is 1.27 bits per heavy atom. The molecule has 3 nitrogen and oxygen atoms in total. The van der Waals surface area contributed by atoms with Gasteiger partial charge < -0.3 is 11.5 Å². The summed E-state index contributed by atoms with van der Waals surface area (Å²) >= 11 is 18.7. The van der Waals surface area contributed by atoms with Gasteiger partial charge in [0, 0.05) is 37.2 Å². The molecule has 4 aromatic rings. The lowest BCUT2D eigenvalue weighted by molar-refractivity contribution is -0.118. The number of hydrogen-bond donors (Lipinski definition) is 2. The van der Waals surface area contributed by atoms with Crippen LogP contribution >= 0.6 is 55.1 Å². The number of rotatable bonds is 8. The van der Waals surface area contributed by atoms with Crippen molar-refractivity contribution in [3.8, 4) is 0 Å². The lowest BCUT2D eigenvalue weighted by atomic mass is 9.88.